The topological polar surface area (TPSA) is 38.9 Å². The molecule has 0 radical (unpaired) electrons. The van der Waals surface area contributed by atoms with Gasteiger partial charge in [0, 0.05) is 18.1 Å². The molecule has 0 amide bonds. The summed E-state index contributed by atoms with van der Waals surface area (Å²) in [5.41, 5.74) is 7.61. The Kier molecular flexibility index (Phi) is 2.66. The number of anilines is 1. The molecule has 1 aromatic heterocycles. The van der Waals surface area contributed by atoms with Gasteiger partial charge in [0.05, 0.1) is 0 Å². The molecule has 0 aliphatic rings. The molecule has 0 saturated carbocycles. The molecule has 0 aliphatic heterocycles. The number of nitrogens with two attached hydrogens (primary N) is 1. The number of aromatic nitrogens is 1. The second-order valence-corrected chi connectivity index (χ2v) is 2.40. The van der Waals surface area contributed by atoms with Crippen LogP contribution in [0.5, 0.6) is 0 Å². The van der Waals surface area contributed by atoms with Gasteiger partial charge in [-0.25, -0.2) is 0 Å². The molecule has 0 fully saturated rings. The fourth-order valence-corrected chi connectivity index (χ4v) is 0.904. The first-order valence-electron chi connectivity index (χ1n) is 3.64. The minimum absolute atomic E-state index is 0.821. The van der Waals surface area contributed by atoms with Crippen LogP contribution in [0.15, 0.2) is 31.1 Å². The minimum Gasteiger partial charge on any atom is -0.398 e. The molecule has 2 nitrogen and oxygen atoms in total. The third-order valence-corrected chi connectivity index (χ3v) is 1.56. The third kappa shape index (κ3) is 2.08. The van der Waals surface area contributed by atoms with Gasteiger partial charge in [-0.1, -0.05) is 6.08 Å². The van der Waals surface area contributed by atoms with E-state index in [9.17, 15) is 0 Å². The number of aryl methyl sites for hydroxylation is 1. The number of nitrogens with zero attached hydrogens (tertiary/aromatic N) is 1. The molecule has 0 aliphatic carbocycles. The second-order valence-electron chi connectivity index (χ2n) is 2.40. The molecular formula is C9H12N2. The van der Waals surface area contributed by atoms with Crippen molar-refractivity contribution in [2.75, 3.05) is 5.73 Å². The summed E-state index contributed by atoms with van der Waals surface area (Å²) >= 11 is 0. The van der Waals surface area contributed by atoms with Gasteiger partial charge in [0.15, 0.2) is 0 Å². The Balaban J connectivity index is 2.69. The van der Waals surface area contributed by atoms with Gasteiger partial charge in [-0.15, -0.1) is 6.58 Å². The van der Waals surface area contributed by atoms with Crippen molar-refractivity contribution in [3.63, 3.8) is 0 Å². The first-order valence-corrected chi connectivity index (χ1v) is 3.64. The van der Waals surface area contributed by atoms with Crippen molar-refractivity contribution in [2.24, 2.45) is 0 Å². The summed E-state index contributed by atoms with van der Waals surface area (Å²) in [7, 11) is 0. The van der Waals surface area contributed by atoms with E-state index in [2.05, 4.69) is 11.6 Å². The van der Waals surface area contributed by atoms with E-state index in [1.54, 1.807) is 12.4 Å². The molecule has 0 saturated heterocycles. The lowest BCUT2D eigenvalue weighted by atomic mass is 10.1. The highest BCUT2D eigenvalue weighted by Gasteiger charge is 1.95. The van der Waals surface area contributed by atoms with Crippen LogP contribution < -0.4 is 5.73 Å². The number of nitrogen functional groups attached to an aromatic ring is 1. The summed E-state index contributed by atoms with van der Waals surface area (Å²) in [6, 6.07) is 1.82. The molecule has 11 heavy (non-hydrogen) atoms. The van der Waals surface area contributed by atoms with Crippen LogP contribution in [0.4, 0.5) is 5.69 Å². The first kappa shape index (κ1) is 7.79. The summed E-state index contributed by atoms with van der Waals surface area (Å²) in [4.78, 5) is 3.98. The fraction of sp³-hybridized carbons (Fsp3) is 0.222. The van der Waals surface area contributed by atoms with Crippen LogP contribution in [0.3, 0.4) is 0 Å². The van der Waals surface area contributed by atoms with E-state index in [0.717, 1.165) is 24.1 Å². The Bertz CT molecular complexity index is 243. The minimum atomic E-state index is 0.821. The Morgan fingerprint density at radius 3 is 3.09 bits per heavy atom. The average Bonchev–Trinajstić information content (AvgIpc) is 2.03. The van der Waals surface area contributed by atoms with E-state index in [1.807, 2.05) is 12.1 Å². The maximum atomic E-state index is 5.69. The Hall–Kier alpha value is -1.31. The zero-order chi connectivity index (χ0) is 8.10. The van der Waals surface area contributed by atoms with Gasteiger partial charge < -0.3 is 5.73 Å². The summed E-state index contributed by atoms with van der Waals surface area (Å²) in [6.45, 7) is 3.64. The molecule has 0 spiro atoms. The van der Waals surface area contributed by atoms with Crippen molar-refractivity contribution in [1.82, 2.24) is 4.98 Å². The SMILES string of the molecule is C=CCCc1cnccc1N. The Morgan fingerprint density at radius 2 is 2.45 bits per heavy atom. The molecule has 0 aromatic carbocycles. The van der Waals surface area contributed by atoms with E-state index in [1.165, 1.54) is 0 Å². The number of hydrogen-bond donors (Lipinski definition) is 1. The zero-order valence-corrected chi connectivity index (χ0v) is 6.46. The van der Waals surface area contributed by atoms with Crippen LogP contribution in [-0.4, -0.2) is 4.98 Å². The fourth-order valence-electron chi connectivity index (χ4n) is 0.904. The molecule has 0 atom stereocenters. The van der Waals surface area contributed by atoms with Crippen LogP contribution in [0.25, 0.3) is 0 Å². The van der Waals surface area contributed by atoms with Crippen LogP contribution in [0.2, 0.25) is 0 Å². The van der Waals surface area contributed by atoms with E-state index < -0.39 is 0 Å². The van der Waals surface area contributed by atoms with Gasteiger partial charge in [0.25, 0.3) is 0 Å². The highest BCUT2D eigenvalue weighted by Crippen LogP contribution is 2.10. The zero-order valence-electron chi connectivity index (χ0n) is 6.46. The van der Waals surface area contributed by atoms with Gasteiger partial charge in [-0.3, -0.25) is 4.98 Å². The lowest BCUT2D eigenvalue weighted by Gasteiger charge is -2.00. The summed E-state index contributed by atoms with van der Waals surface area (Å²) < 4.78 is 0. The van der Waals surface area contributed by atoms with E-state index in [0.29, 0.717) is 0 Å². The van der Waals surface area contributed by atoms with Gasteiger partial charge in [-0.05, 0) is 24.5 Å². The third-order valence-electron chi connectivity index (χ3n) is 1.56. The highest BCUT2D eigenvalue weighted by molar-refractivity contribution is 5.44. The Morgan fingerprint density at radius 1 is 1.64 bits per heavy atom. The molecule has 0 bridgehead atoms. The largest absolute Gasteiger partial charge is 0.398 e. The van der Waals surface area contributed by atoms with Crippen LogP contribution >= 0.6 is 0 Å². The van der Waals surface area contributed by atoms with E-state index in [4.69, 9.17) is 5.73 Å². The van der Waals surface area contributed by atoms with Crippen LogP contribution in [0, 0.1) is 0 Å². The summed E-state index contributed by atoms with van der Waals surface area (Å²) in [5.74, 6) is 0. The average molecular weight is 148 g/mol. The van der Waals surface area contributed by atoms with Crippen LogP contribution in [0.1, 0.15) is 12.0 Å². The molecule has 2 N–H and O–H groups in total. The van der Waals surface area contributed by atoms with Crippen LogP contribution in [-0.2, 0) is 6.42 Å². The Labute approximate surface area is 66.8 Å². The molecule has 0 unspecified atom stereocenters. The van der Waals surface area contributed by atoms with Gasteiger partial charge in [0.2, 0.25) is 0 Å². The van der Waals surface area contributed by atoms with Crippen molar-refractivity contribution in [3.05, 3.63) is 36.7 Å². The lowest BCUT2D eigenvalue weighted by molar-refractivity contribution is 0.993. The second kappa shape index (κ2) is 3.76. The van der Waals surface area contributed by atoms with Crippen molar-refractivity contribution >= 4 is 5.69 Å². The van der Waals surface area contributed by atoms with Gasteiger partial charge in [-0.2, -0.15) is 0 Å². The molecule has 2 heteroatoms. The summed E-state index contributed by atoms with van der Waals surface area (Å²) in [5, 5.41) is 0. The summed E-state index contributed by atoms with van der Waals surface area (Å²) in [6.07, 6.45) is 7.27. The molecule has 1 rings (SSSR count). The highest BCUT2D eigenvalue weighted by atomic mass is 14.7. The van der Waals surface area contributed by atoms with E-state index in [-0.39, 0.29) is 0 Å². The standard InChI is InChI=1S/C9H12N2/c1-2-3-4-8-7-11-6-5-9(8)10/h2,5-7H,1,3-4H2,(H2,10,11). The number of allylic oxidation sites excluding steroid dienone is 1. The molecule has 1 aromatic rings. The number of rotatable bonds is 3. The van der Waals surface area contributed by atoms with E-state index >= 15 is 0 Å². The smallest absolute Gasteiger partial charge is 0.0377 e. The lowest BCUT2D eigenvalue weighted by Crippen LogP contribution is -1.94. The maximum Gasteiger partial charge on any atom is 0.0377 e. The van der Waals surface area contributed by atoms with Crippen molar-refractivity contribution < 1.29 is 0 Å². The predicted octanol–water partition coefficient (Wildman–Crippen LogP) is 1.78. The molecule has 58 valence electrons. The van der Waals surface area contributed by atoms with Gasteiger partial charge in [0.1, 0.15) is 0 Å². The van der Waals surface area contributed by atoms with Crippen molar-refractivity contribution in [3.8, 4) is 0 Å². The number of hydrogen-bond acceptors (Lipinski definition) is 2. The first-order chi connectivity index (χ1) is 5.34. The normalized spacial score (nSPS) is 9.45. The predicted molar refractivity (Wildman–Crippen MR) is 47.2 cm³/mol. The number of pyridine rings is 1. The van der Waals surface area contributed by atoms with Crippen molar-refractivity contribution in [2.45, 2.75) is 12.8 Å². The molecule has 1 heterocycles. The quantitative estimate of drug-likeness (QED) is 0.663. The van der Waals surface area contributed by atoms with Crippen molar-refractivity contribution in [1.29, 1.82) is 0 Å². The molecular weight excluding hydrogens is 136 g/mol. The monoisotopic (exact) mass is 148 g/mol. The maximum absolute atomic E-state index is 5.69. The van der Waals surface area contributed by atoms with Gasteiger partial charge >= 0.3 is 0 Å².